The van der Waals surface area contributed by atoms with Gasteiger partial charge in [-0.3, -0.25) is 4.79 Å². The van der Waals surface area contributed by atoms with E-state index in [0.717, 1.165) is 36.6 Å². The Balaban J connectivity index is 2.12. The van der Waals surface area contributed by atoms with Gasteiger partial charge in [-0.1, -0.05) is 0 Å². The lowest BCUT2D eigenvalue weighted by atomic mass is 10.2. The van der Waals surface area contributed by atoms with Crippen LogP contribution >= 0.6 is 23.1 Å². The topological polar surface area (TPSA) is 23.6 Å². The lowest BCUT2D eigenvalue weighted by Crippen LogP contribution is -2.46. The summed E-state index contributed by atoms with van der Waals surface area (Å²) in [5.74, 6) is 2.41. The first kappa shape index (κ1) is 13.9. The van der Waals surface area contributed by atoms with Crippen molar-refractivity contribution in [3.8, 4) is 0 Å². The summed E-state index contributed by atoms with van der Waals surface area (Å²) in [5, 5.41) is 3.92. The fraction of sp³-hybridized carbons (Fsp3) is 0.615. The number of nitrogens with zero attached hydrogens (tertiary/aromatic N) is 2. The van der Waals surface area contributed by atoms with Gasteiger partial charge in [0.15, 0.2) is 0 Å². The number of likely N-dealkylation sites (N-methyl/N-ethyl adjacent to an activating group) is 1. The number of amides is 1. The van der Waals surface area contributed by atoms with E-state index in [0.29, 0.717) is 6.04 Å². The van der Waals surface area contributed by atoms with E-state index in [1.54, 1.807) is 11.3 Å². The van der Waals surface area contributed by atoms with Gasteiger partial charge in [0.05, 0.1) is 11.6 Å². The van der Waals surface area contributed by atoms with Gasteiger partial charge in [0.1, 0.15) is 0 Å². The molecule has 3 nitrogen and oxygen atoms in total. The molecule has 0 radical (unpaired) electrons. The minimum Gasteiger partial charge on any atom is -0.333 e. The van der Waals surface area contributed by atoms with Gasteiger partial charge in [-0.2, -0.15) is 23.1 Å². The molecular weight excluding hydrogens is 264 g/mol. The summed E-state index contributed by atoms with van der Waals surface area (Å²) in [6.07, 6.45) is 1.10. The van der Waals surface area contributed by atoms with Crippen molar-refractivity contribution < 1.29 is 4.79 Å². The van der Waals surface area contributed by atoms with Gasteiger partial charge < -0.3 is 9.80 Å². The Morgan fingerprint density at radius 2 is 2.39 bits per heavy atom. The number of carbonyl (C=O) groups excluding carboxylic acids is 1. The molecule has 0 unspecified atom stereocenters. The molecule has 1 amide bonds. The SMILES string of the molecule is CN(C)C[C@@H]1CSCCCN1C(=O)c1ccsc1. The Morgan fingerprint density at radius 3 is 3.06 bits per heavy atom. The molecule has 18 heavy (non-hydrogen) atoms. The molecule has 1 aromatic heterocycles. The molecule has 1 aromatic rings. The second-order valence-corrected chi connectivity index (χ2v) is 6.78. The lowest BCUT2D eigenvalue weighted by Gasteiger charge is -2.31. The zero-order valence-electron chi connectivity index (χ0n) is 11.0. The molecule has 2 heterocycles. The van der Waals surface area contributed by atoms with Crippen molar-refractivity contribution in [3.63, 3.8) is 0 Å². The summed E-state index contributed by atoms with van der Waals surface area (Å²) in [6, 6.07) is 2.26. The summed E-state index contributed by atoms with van der Waals surface area (Å²) in [7, 11) is 4.14. The Kier molecular flexibility index (Phi) is 5.09. The highest BCUT2D eigenvalue weighted by Gasteiger charge is 2.26. The van der Waals surface area contributed by atoms with Crippen LogP contribution < -0.4 is 0 Å². The smallest absolute Gasteiger partial charge is 0.255 e. The van der Waals surface area contributed by atoms with Gasteiger partial charge in [-0.25, -0.2) is 0 Å². The molecule has 0 bridgehead atoms. The van der Waals surface area contributed by atoms with Gasteiger partial charge in [0, 0.05) is 24.2 Å². The summed E-state index contributed by atoms with van der Waals surface area (Å²) in [4.78, 5) is 16.8. The molecular formula is C13H20N2OS2. The summed E-state index contributed by atoms with van der Waals surface area (Å²) < 4.78 is 0. The second kappa shape index (κ2) is 6.59. The first-order valence-corrected chi connectivity index (χ1v) is 8.34. The van der Waals surface area contributed by atoms with E-state index in [2.05, 4.69) is 23.9 Å². The minimum absolute atomic E-state index is 0.200. The highest BCUT2D eigenvalue weighted by molar-refractivity contribution is 7.99. The van der Waals surface area contributed by atoms with Crippen molar-refractivity contribution in [2.75, 3.05) is 38.7 Å². The highest BCUT2D eigenvalue weighted by Crippen LogP contribution is 2.20. The average Bonchev–Trinajstić information content (AvgIpc) is 2.76. The molecule has 1 aliphatic heterocycles. The van der Waals surface area contributed by atoms with Gasteiger partial charge >= 0.3 is 0 Å². The molecule has 5 heteroatoms. The second-order valence-electron chi connectivity index (χ2n) is 4.86. The van der Waals surface area contributed by atoms with Gasteiger partial charge in [-0.05, 0) is 37.7 Å². The van der Waals surface area contributed by atoms with E-state index in [9.17, 15) is 4.79 Å². The molecule has 0 spiro atoms. The standard InChI is InChI=1S/C13H20N2OS2/c1-14(2)8-12-10-17-6-3-5-15(12)13(16)11-4-7-18-9-11/h4,7,9,12H,3,5-6,8,10H2,1-2H3/t12-/m1/s1. The largest absolute Gasteiger partial charge is 0.333 e. The lowest BCUT2D eigenvalue weighted by molar-refractivity contribution is 0.0676. The van der Waals surface area contributed by atoms with Crippen LogP contribution in [0.15, 0.2) is 16.8 Å². The fourth-order valence-corrected chi connectivity index (χ4v) is 3.91. The number of thiophene rings is 1. The molecule has 1 fully saturated rings. The van der Waals surface area contributed by atoms with Crippen molar-refractivity contribution in [1.82, 2.24) is 9.80 Å². The number of thioether (sulfide) groups is 1. The van der Waals surface area contributed by atoms with E-state index in [-0.39, 0.29) is 5.91 Å². The third kappa shape index (κ3) is 3.49. The normalized spacial score (nSPS) is 21.1. The number of hydrogen-bond acceptors (Lipinski definition) is 4. The number of rotatable bonds is 3. The van der Waals surface area contributed by atoms with Crippen molar-refractivity contribution in [3.05, 3.63) is 22.4 Å². The monoisotopic (exact) mass is 284 g/mol. The summed E-state index contributed by atoms with van der Waals surface area (Å²) in [6.45, 7) is 1.84. The van der Waals surface area contributed by atoms with Crippen LogP contribution in [0, 0.1) is 0 Å². The maximum Gasteiger partial charge on any atom is 0.255 e. The number of hydrogen-bond donors (Lipinski definition) is 0. The highest BCUT2D eigenvalue weighted by atomic mass is 32.2. The van der Waals surface area contributed by atoms with Gasteiger partial charge in [-0.15, -0.1) is 0 Å². The van der Waals surface area contributed by atoms with Crippen LogP contribution in [0.3, 0.4) is 0 Å². The third-order valence-corrected chi connectivity index (χ3v) is 4.92. The summed E-state index contributed by atoms with van der Waals surface area (Å²) in [5.41, 5.74) is 0.843. The van der Waals surface area contributed by atoms with E-state index < -0.39 is 0 Å². The van der Waals surface area contributed by atoms with E-state index >= 15 is 0 Å². The first-order chi connectivity index (χ1) is 8.68. The average molecular weight is 284 g/mol. The van der Waals surface area contributed by atoms with Crippen LogP contribution in [-0.4, -0.2) is 60.4 Å². The molecule has 1 saturated heterocycles. The van der Waals surface area contributed by atoms with Crippen LogP contribution in [-0.2, 0) is 0 Å². The molecule has 1 atom stereocenters. The summed E-state index contributed by atoms with van der Waals surface area (Å²) >= 11 is 3.56. The van der Waals surface area contributed by atoms with Crippen LogP contribution in [0.1, 0.15) is 16.8 Å². The van der Waals surface area contributed by atoms with Crippen molar-refractivity contribution in [1.29, 1.82) is 0 Å². The van der Waals surface area contributed by atoms with Crippen molar-refractivity contribution >= 4 is 29.0 Å². The van der Waals surface area contributed by atoms with Gasteiger partial charge in [0.2, 0.25) is 0 Å². The predicted octanol–water partition coefficient (Wildman–Crippen LogP) is 2.26. The fourth-order valence-electron chi connectivity index (χ4n) is 2.22. The van der Waals surface area contributed by atoms with Crippen LogP contribution in [0.5, 0.6) is 0 Å². The quantitative estimate of drug-likeness (QED) is 0.850. The zero-order chi connectivity index (χ0) is 13.0. The van der Waals surface area contributed by atoms with Crippen LogP contribution in [0.25, 0.3) is 0 Å². The van der Waals surface area contributed by atoms with E-state index in [1.807, 2.05) is 28.6 Å². The van der Waals surface area contributed by atoms with Gasteiger partial charge in [0.25, 0.3) is 5.91 Å². The Morgan fingerprint density at radius 1 is 1.56 bits per heavy atom. The molecule has 1 aliphatic rings. The van der Waals surface area contributed by atoms with Crippen molar-refractivity contribution in [2.24, 2.45) is 0 Å². The van der Waals surface area contributed by atoms with Crippen molar-refractivity contribution in [2.45, 2.75) is 12.5 Å². The molecule has 0 saturated carbocycles. The Bertz CT molecular complexity index is 378. The maximum atomic E-state index is 12.5. The van der Waals surface area contributed by atoms with E-state index in [1.165, 1.54) is 0 Å². The zero-order valence-corrected chi connectivity index (χ0v) is 12.6. The Labute approximate surface area is 117 Å². The molecule has 0 aromatic carbocycles. The number of carbonyl (C=O) groups is 1. The van der Waals surface area contributed by atoms with E-state index in [4.69, 9.17) is 0 Å². The predicted molar refractivity (Wildman–Crippen MR) is 79.6 cm³/mol. The first-order valence-electron chi connectivity index (χ1n) is 6.24. The molecule has 0 N–H and O–H groups in total. The van der Waals surface area contributed by atoms with Crippen LogP contribution in [0.4, 0.5) is 0 Å². The minimum atomic E-state index is 0.200. The molecule has 100 valence electrons. The maximum absolute atomic E-state index is 12.5. The third-order valence-electron chi connectivity index (χ3n) is 3.04. The Hall–Kier alpha value is -0.520. The van der Waals surface area contributed by atoms with Crippen LogP contribution in [0.2, 0.25) is 0 Å². The molecule has 0 aliphatic carbocycles. The molecule has 2 rings (SSSR count).